The molecule has 5 nitrogen and oxygen atoms in total. The van der Waals surface area contributed by atoms with Crippen molar-refractivity contribution in [2.24, 2.45) is 7.05 Å². The first-order valence-electron chi connectivity index (χ1n) is 10.1. The van der Waals surface area contributed by atoms with Crippen molar-refractivity contribution < 1.29 is 14.3 Å². The van der Waals surface area contributed by atoms with Gasteiger partial charge >= 0.3 is 0 Å². The van der Waals surface area contributed by atoms with Crippen molar-refractivity contribution in [2.75, 3.05) is 20.8 Å². The van der Waals surface area contributed by atoms with Crippen molar-refractivity contribution in [1.29, 1.82) is 0 Å². The van der Waals surface area contributed by atoms with Gasteiger partial charge < -0.3 is 18.9 Å². The minimum Gasteiger partial charge on any atom is -0.493 e. The Morgan fingerprint density at radius 1 is 1.07 bits per heavy atom. The zero-order chi connectivity index (χ0) is 20.5. The molecule has 0 spiro atoms. The number of benzene rings is 2. The highest BCUT2D eigenvalue weighted by Gasteiger charge is 2.34. The average molecular weight is 392 g/mol. The van der Waals surface area contributed by atoms with Gasteiger partial charge in [-0.3, -0.25) is 4.79 Å². The second kappa shape index (κ2) is 7.82. The summed E-state index contributed by atoms with van der Waals surface area (Å²) in [6.07, 6.45) is 2.27. The van der Waals surface area contributed by atoms with Gasteiger partial charge in [0.15, 0.2) is 11.5 Å². The lowest BCUT2D eigenvalue weighted by Crippen LogP contribution is -2.30. The molecular formula is C24H28N2O3. The number of amides is 1. The number of likely N-dealkylation sites (tertiary alicyclic amines) is 1. The second-order valence-electron chi connectivity index (χ2n) is 7.66. The van der Waals surface area contributed by atoms with E-state index in [0.29, 0.717) is 13.0 Å². The van der Waals surface area contributed by atoms with E-state index in [4.69, 9.17) is 9.47 Å². The van der Waals surface area contributed by atoms with Crippen molar-refractivity contribution in [3.05, 3.63) is 59.3 Å². The van der Waals surface area contributed by atoms with Gasteiger partial charge in [-0.2, -0.15) is 0 Å². The third-order valence-corrected chi connectivity index (χ3v) is 6.20. The van der Waals surface area contributed by atoms with Gasteiger partial charge in [0.25, 0.3) is 0 Å². The van der Waals surface area contributed by atoms with E-state index in [2.05, 4.69) is 47.7 Å². The summed E-state index contributed by atoms with van der Waals surface area (Å²) >= 11 is 0. The Labute approximate surface area is 171 Å². The van der Waals surface area contributed by atoms with E-state index >= 15 is 0 Å². The molecule has 2 aromatic carbocycles. The minimum atomic E-state index is 0.133. The molecule has 1 unspecified atom stereocenters. The Morgan fingerprint density at radius 3 is 2.59 bits per heavy atom. The zero-order valence-corrected chi connectivity index (χ0v) is 17.6. The number of rotatable bonds is 6. The molecule has 0 radical (unpaired) electrons. The first-order valence-corrected chi connectivity index (χ1v) is 10.1. The molecule has 1 aliphatic heterocycles. The lowest BCUT2D eigenvalue weighted by Gasteiger charge is -2.26. The highest BCUT2D eigenvalue weighted by molar-refractivity contribution is 5.88. The standard InChI is InChI=1S/C24H28N2O3/c1-16-24(18-7-5-6-8-19(18)25(16)2)20-10-12-23(27)26(20)14-13-17-9-11-21(28-3)22(15-17)29-4/h5-9,11,15,20H,10,12-14H2,1-4H3. The minimum absolute atomic E-state index is 0.133. The van der Waals surface area contributed by atoms with Crippen LogP contribution in [0.5, 0.6) is 11.5 Å². The number of carbonyl (C=O) groups is 1. The van der Waals surface area contributed by atoms with Crippen molar-refractivity contribution in [2.45, 2.75) is 32.2 Å². The molecule has 0 saturated carbocycles. The molecule has 1 atom stereocenters. The van der Waals surface area contributed by atoms with Gasteiger partial charge in [-0.25, -0.2) is 0 Å². The predicted octanol–water partition coefficient (Wildman–Crippen LogP) is 4.41. The number of hydrogen-bond donors (Lipinski definition) is 0. The molecule has 1 fully saturated rings. The lowest BCUT2D eigenvalue weighted by atomic mass is 10.0. The topological polar surface area (TPSA) is 43.7 Å². The number of hydrogen-bond acceptors (Lipinski definition) is 3. The van der Waals surface area contributed by atoms with Gasteiger partial charge in [0.1, 0.15) is 0 Å². The summed E-state index contributed by atoms with van der Waals surface area (Å²) in [4.78, 5) is 14.8. The molecule has 1 saturated heterocycles. The van der Waals surface area contributed by atoms with Crippen LogP contribution in [0.4, 0.5) is 0 Å². The maximum absolute atomic E-state index is 12.7. The lowest BCUT2D eigenvalue weighted by molar-refractivity contribution is -0.129. The molecule has 1 aromatic heterocycles. The molecule has 2 heterocycles. The Hall–Kier alpha value is -2.95. The number of aromatic nitrogens is 1. The molecule has 1 aliphatic rings. The third kappa shape index (κ3) is 3.35. The van der Waals surface area contributed by atoms with Crippen LogP contribution in [0, 0.1) is 6.92 Å². The van der Waals surface area contributed by atoms with Crippen molar-refractivity contribution in [1.82, 2.24) is 9.47 Å². The van der Waals surface area contributed by atoms with Crippen molar-refractivity contribution in [3.8, 4) is 11.5 Å². The van der Waals surface area contributed by atoms with Gasteiger partial charge in [0.05, 0.1) is 20.3 Å². The fourth-order valence-corrected chi connectivity index (χ4v) is 4.57. The number of ether oxygens (including phenoxy) is 2. The monoisotopic (exact) mass is 392 g/mol. The SMILES string of the molecule is COc1ccc(CCN2C(=O)CCC2c2c(C)n(C)c3ccccc23)cc1OC. The normalized spacial score (nSPS) is 16.6. The summed E-state index contributed by atoms with van der Waals surface area (Å²) in [6.45, 7) is 2.85. The van der Waals surface area contributed by atoms with Crippen LogP contribution in [0.15, 0.2) is 42.5 Å². The summed E-state index contributed by atoms with van der Waals surface area (Å²) in [5.41, 5.74) is 4.89. The van der Waals surface area contributed by atoms with Gasteiger partial charge in [0.2, 0.25) is 5.91 Å². The van der Waals surface area contributed by atoms with E-state index < -0.39 is 0 Å². The molecule has 4 rings (SSSR count). The molecule has 3 aromatic rings. The van der Waals surface area contributed by atoms with Crippen LogP contribution in [0.25, 0.3) is 10.9 Å². The molecule has 0 aliphatic carbocycles. The average Bonchev–Trinajstić information content (AvgIpc) is 3.23. The van der Waals surface area contributed by atoms with E-state index in [9.17, 15) is 4.79 Å². The maximum atomic E-state index is 12.7. The van der Waals surface area contributed by atoms with E-state index in [1.165, 1.54) is 22.2 Å². The second-order valence-corrected chi connectivity index (χ2v) is 7.66. The quantitative estimate of drug-likeness (QED) is 0.624. The van der Waals surface area contributed by atoms with Crippen LogP contribution in [0.1, 0.15) is 35.7 Å². The Kier molecular flexibility index (Phi) is 5.22. The van der Waals surface area contributed by atoms with Gasteiger partial charge in [-0.1, -0.05) is 24.3 Å². The fraction of sp³-hybridized carbons (Fsp3) is 0.375. The first-order chi connectivity index (χ1) is 14.0. The number of methoxy groups -OCH3 is 2. The molecule has 152 valence electrons. The number of aryl methyl sites for hydroxylation is 1. The van der Waals surface area contributed by atoms with Crippen LogP contribution < -0.4 is 9.47 Å². The Bertz CT molecular complexity index is 1050. The molecule has 0 N–H and O–H groups in total. The Balaban J connectivity index is 1.61. The van der Waals surface area contributed by atoms with Crippen LogP contribution >= 0.6 is 0 Å². The highest BCUT2D eigenvalue weighted by Crippen LogP contribution is 2.40. The van der Waals surface area contributed by atoms with Gasteiger partial charge in [-0.05, 0) is 43.5 Å². The first kappa shape index (κ1) is 19.4. The summed E-state index contributed by atoms with van der Waals surface area (Å²) in [6, 6.07) is 14.6. The number of nitrogens with zero attached hydrogens (tertiary/aromatic N) is 2. The van der Waals surface area contributed by atoms with E-state index in [-0.39, 0.29) is 11.9 Å². The van der Waals surface area contributed by atoms with Crippen LogP contribution in [0.2, 0.25) is 0 Å². The third-order valence-electron chi connectivity index (χ3n) is 6.20. The molecule has 29 heavy (non-hydrogen) atoms. The summed E-state index contributed by atoms with van der Waals surface area (Å²) in [5, 5.41) is 1.25. The molecule has 0 bridgehead atoms. The molecule has 5 heteroatoms. The molecular weight excluding hydrogens is 364 g/mol. The summed E-state index contributed by atoms with van der Waals surface area (Å²) in [7, 11) is 5.38. The Morgan fingerprint density at radius 2 is 1.83 bits per heavy atom. The van der Waals surface area contributed by atoms with E-state index in [1.54, 1.807) is 14.2 Å². The van der Waals surface area contributed by atoms with Gasteiger partial charge in [-0.15, -0.1) is 0 Å². The highest BCUT2D eigenvalue weighted by atomic mass is 16.5. The van der Waals surface area contributed by atoms with Crippen molar-refractivity contribution >= 4 is 16.8 Å². The van der Waals surface area contributed by atoms with Crippen LogP contribution in [0.3, 0.4) is 0 Å². The van der Waals surface area contributed by atoms with Crippen molar-refractivity contribution in [3.63, 3.8) is 0 Å². The van der Waals surface area contributed by atoms with Crippen LogP contribution in [-0.4, -0.2) is 36.1 Å². The summed E-state index contributed by atoms with van der Waals surface area (Å²) < 4.78 is 13.0. The van der Waals surface area contributed by atoms with Crippen LogP contribution in [-0.2, 0) is 18.3 Å². The smallest absolute Gasteiger partial charge is 0.223 e. The number of carbonyl (C=O) groups excluding carboxylic acids is 1. The summed E-state index contributed by atoms with van der Waals surface area (Å²) in [5.74, 6) is 1.68. The largest absolute Gasteiger partial charge is 0.493 e. The predicted molar refractivity (Wildman–Crippen MR) is 115 cm³/mol. The number of fused-ring (bicyclic) bond motifs is 1. The molecule has 1 amide bonds. The van der Waals surface area contributed by atoms with E-state index in [1.807, 2.05) is 18.2 Å². The van der Waals surface area contributed by atoms with E-state index in [0.717, 1.165) is 29.9 Å². The fourth-order valence-electron chi connectivity index (χ4n) is 4.57. The zero-order valence-electron chi connectivity index (χ0n) is 17.6. The van der Waals surface area contributed by atoms with Gasteiger partial charge in [0, 0.05) is 42.2 Å². The maximum Gasteiger partial charge on any atom is 0.223 e. The number of para-hydroxylation sites is 1.